The summed E-state index contributed by atoms with van der Waals surface area (Å²) < 4.78 is 5.39. The van der Waals surface area contributed by atoms with E-state index in [1.54, 1.807) is 18.3 Å². The topological polar surface area (TPSA) is 70.5 Å². The summed E-state index contributed by atoms with van der Waals surface area (Å²) >= 11 is 0. The number of hydrogen-bond acceptors (Lipinski definition) is 6. The van der Waals surface area contributed by atoms with E-state index in [1.807, 2.05) is 19.1 Å². The summed E-state index contributed by atoms with van der Waals surface area (Å²) in [6, 6.07) is 11.7. The number of nitrogens with zero attached hydrogens (tertiary/aromatic N) is 3. The molecule has 0 spiro atoms. The third kappa shape index (κ3) is 3.21. The zero-order valence-electron chi connectivity index (χ0n) is 14.1. The van der Waals surface area contributed by atoms with Crippen LogP contribution in [-0.4, -0.2) is 41.4 Å². The summed E-state index contributed by atoms with van der Waals surface area (Å²) in [4.78, 5) is 11.2. The third-order valence-corrected chi connectivity index (χ3v) is 4.51. The molecule has 1 aliphatic rings. The van der Waals surface area contributed by atoms with Gasteiger partial charge < -0.3 is 20.1 Å². The molecule has 0 saturated carbocycles. The lowest BCUT2D eigenvalue weighted by Gasteiger charge is -2.28. The highest BCUT2D eigenvalue weighted by Gasteiger charge is 2.11. The number of fused-ring (bicyclic) bond motifs is 1. The summed E-state index contributed by atoms with van der Waals surface area (Å²) in [5.74, 6) is 0.798. The minimum atomic E-state index is 0.260. The maximum Gasteiger partial charge on any atom is 0.227 e. The molecule has 0 aliphatic carbocycles. The standard InChI is InChI=1S/C19H20N4O2/c1-13-16-12-20-19(22-17(16)6-7-18(13)24)21-14-2-4-15(5-3-14)23-8-10-25-11-9-23/h2-7,12,24H,8-11H2,1H3,(H,20,21,22). The zero-order valence-corrected chi connectivity index (χ0v) is 14.1. The number of rotatable bonds is 3. The quantitative estimate of drug-likeness (QED) is 0.765. The van der Waals surface area contributed by atoms with Gasteiger partial charge >= 0.3 is 0 Å². The van der Waals surface area contributed by atoms with Crippen molar-refractivity contribution in [2.24, 2.45) is 0 Å². The van der Waals surface area contributed by atoms with Crippen molar-refractivity contribution in [3.63, 3.8) is 0 Å². The summed E-state index contributed by atoms with van der Waals surface area (Å²) in [5.41, 5.74) is 3.72. The van der Waals surface area contributed by atoms with E-state index in [9.17, 15) is 5.11 Å². The molecule has 128 valence electrons. The number of phenolic OH excluding ortho intramolecular Hbond substituents is 1. The predicted octanol–water partition coefficient (Wildman–Crippen LogP) is 3.22. The Morgan fingerprint density at radius 3 is 2.60 bits per heavy atom. The molecule has 0 atom stereocenters. The lowest BCUT2D eigenvalue weighted by atomic mass is 10.1. The molecule has 4 rings (SSSR count). The molecule has 2 aromatic carbocycles. The average molecular weight is 336 g/mol. The lowest BCUT2D eigenvalue weighted by Crippen LogP contribution is -2.36. The zero-order chi connectivity index (χ0) is 17.2. The lowest BCUT2D eigenvalue weighted by molar-refractivity contribution is 0.122. The van der Waals surface area contributed by atoms with E-state index in [2.05, 4.69) is 32.3 Å². The number of ether oxygens (including phenoxy) is 1. The van der Waals surface area contributed by atoms with Crippen LogP contribution in [0.2, 0.25) is 0 Å². The molecule has 1 aromatic heterocycles. The first-order valence-electron chi connectivity index (χ1n) is 8.36. The summed E-state index contributed by atoms with van der Waals surface area (Å²) in [7, 11) is 0. The van der Waals surface area contributed by atoms with Crippen LogP contribution >= 0.6 is 0 Å². The molecule has 6 heteroatoms. The molecular formula is C19H20N4O2. The molecule has 0 bridgehead atoms. The molecule has 0 unspecified atom stereocenters. The second kappa shape index (κ2) is 6.57. The number of aromatic hydroxyl groups is 1. The van der Waals surface area contributed by atoms with Gasteiger partial charge in [0.25, 0.3) is 0 Å². The predicted molar refractivity (Wildman–Crippen MR) is 98.7 cm³/mol. The number of aromatic nitrogens is 2. The number of nitrogens with one attached hydrogen (secondary N) is 1. The van der Waals surface area contributed by atoms with Crippen molar-refractivity contribution in [1.29, 1.82) is 0 Å². The molecule has 1 saturated heterocycles. The van der Waals surface area contributed by atoms with Gasteiger partial charge in [0.2, 0.25) is 5.95 Å². The van der Waals surface area contributed by atoms with Crippen LogP contribution in [0, 0.1) is 6.92 Å². The van der Waals surface area contributed by atoms with E-state index < -0.39 is 0 Å². The van der Waals surface area contributed by atoms with Crippen molar-refractivity contribution in [3.05, 3.63) is 48.2 Å². The fourth-order valence-corrected chi connectivity index (χ4v) is 3.00. The Bertz CT molecular complexity index is 890. The van der Waals surface area contributed by atoms with E-state index in [1.165, 1.54) is 5.69 Å². The van der Waals surface area contributed by atoms with Gasteiger partial charge in [0.15, 0.2) is 0 Å². The number of anilines is 3. The van der Waals surface area contributed by atoms with Gasteiger partial charge in [0, 0.05) is 41.6 Å². The second-order valence-electron chi connectivity index (χ2n) is 6.11. The molecule has 2 N–H and O–H groups in total. The van der Waals surface area contributed by atoms with E-state index in [4.69, 9.17) is 4.74 Å². The highest BCUT2D eigenvalue weighted by Crippen LogP contribution is 2.26. The van der Waals surface area contributed by atoms with Crippen LogP contribution < -0.4 is 10.2 Å². The van der Waals surface area contributed by atoms with E-state index in [-0.39, 0.29) is 5.75 Å². The van der Waals surface area contributed by atoms with E-state index >= 15 is 0 Å². The van der Waals surface area contributed by atoms with Crippen molar-refractivity contribution in [3.8, 4) is 5.75 Å². The monoisotopic (exact) mass is 336 g/mol. The van der Waals surface area contributed by atoms with Crippen molar-refractivity contribution < 1.29 is 9.84 Å². The number of morpholine rings is 1. The van der Waals surface area contributed by atoms with Crippen LogP contribution in [0.4, 0.5) is 17.3 Å². The Kier molecular flexibility index (Phi) is 4.11. The van der Waals surface area contributed by atoms with Gasteiger partial charge in [-0.1, -0.05) is 0 Å². The number of phenols is 1. The van der Waals surface area contributed by atoms with Crippen LogP contribution in [0.1, 0.15) is 5.56 Å². The number of benzene rings is 2. The van der Waals surface area contributed by atoms with Gasteiger partial charge in [-0.05, 0) is 43.3 Å². The van der Waals surface area contributed by atoms with Gasteiger partial charge in [0.1, 0.15) is 5.75 Å². The highest BCUT2D eigenvalue weighted by molar-refractivity contribution is 5.84. The molecule has 2 heterocycles. The Labute approximate surface area is 146 Å². The molecule has 6 nitrogen and oxygen atoms in total. The Hall–Kier alpha value is -2.86. The first-order chi connectivity index (χ1) is 12.2. The Morgan fingerprint density at radius 2 is 1.84 bits per heavy atom. The van der Waals surface area contributed by atoms with Crippen LogP contribution in [0.5, 0.6) is 5.75 Å². The minimum Gasteiger partial charge on any atom is -0.508 e. The van der Waals surface area contributed by atoms with Crippen molar-refractivity contribution in [2.75, 3.05) is 36.5 Å². The maximum atomic E-state index is 9.77. The van der Waals surface area contributed by atoms with Crippen LogP contribution in [-0.2, 0) is 4.74 Å². The minimum absolute atomic E-state index is 0.260. The van der Waals surface area contributed by atoms with E-state index in [0.717, 1.165) is 48.5 Å². The maximum absolute atomic E-state index is 9.77. The summed E-state index contributed by atoms with van der Waals surface area (Å²) in [5, 5.41) is 13.9. The number of hydrogen-bond donors (Lipinski definition) is 2. The van der Waals surface area contributed by atoms with Crippen LogP contribution in [0.25, 0.3) is 10.9 Å². The van der Waals surface area contributed by atoms with Crippen molar-refractivity contribution >= 4 is 28.2 Å². The van der Waals surface area contributed by atoms with Gasteiger partial charge in [-0.2, -0.15) is 0 Å². The molecule has 25 heavy (non-hydrogen) atoms. The van der Waals surface area contributed by atoms with Crippen LogP contribution in [0.15, 0.2) is 42.6 Å². The Balaban J connectivity index is 1.53. The van der Waals surface area contributed by atoms with Gasteiger partial charge in [-0.15, -0.1) is 0 Å². The number of aryl methyl sites for hydroxylation is 1. The van der Waals surface area contributed by atoms with Gasteiger partial charge in [-0.25, -0.2) is 9.97 Å². The smallest absolute Gasteiger partial charge is 0.227 e. The van der Waals surface area contributed by atoms with E-state index in [0.29, 0.717) is 5.95 Å². The molecule has 3 aromatic rings. The molecular weight excluding hydrogens is 316 g/mol. The summed E-state index contributed by atoms with van der Waals surface area (Å²) in [6.45, 7) is 5.26. The molecule has 0 radical (unpaired) electrons. The first kappa shape index (κ1) is 15.7. The normalized spacial score (nSPS) is 14.7. The fraction of sp³-hybridized carbons (Fsp3) is 0.263. The molecule has 1 fully saturated rings. The van der Waals surface area contributed by atoms with Crippen molar-refractivity contribution in [2.45, 2.75) is 6.92 Å². The second-order valence-corrected chi connectivity index (χ2v) is 6.11. The van der Waals surface area contributed by atoms with Crippen LogP contribution in [0.3, 0.4) is 0 Å². The fourth-order valence-electron chi connectivity index (χ4n) is 3.00. The van der Waals surface area contributed by atoms with Crippen molar-refractivity contribution in [1.82, 2.24) is 9.97 Å². The first-order valence-corrected chi connectivity index (χ1v) is 8.36. The largest absolute Gasteiger partial charge is 0.508 e. The third-order valence-electron chi connectivity index (χ3n) is 4.51. The highest BCUT2D eigenvalue weighted by atomic mass is 16.5. The van der Waals surface area contributed by atoms with Gasteiger partial charge in [0.05, 0.1) is 18.7 Å². The van der Waals surface area contributed by atoms with Gasteiger partial charge in [-0.3, -0.25) is 0 Å². The summed E-state index contributed by atoms with van der Waals surface area (Å²) in [6.07, 6.45) is 1.74. The SMILES string of the molecule is Cc1c(O)ccc2nc(Nc3ccc(N4CCOCC4)cc3)ncc12. The average Bonchev–Trinajstić information content (AvgIpc) is 2.66. The molecule has 1 aliphatic heterocycles. The molecule has 0 amide bonds. The Morgan fingerprint density at radius 1 is 1.08 bits per heavy atom.